The van der Waals surface area contributed by atoms with Crippen molar-refractivity contribution >= 4 is 17.7 Å². The number of amides is 1. The summed E-state index contributed by atoms with van der Waals surface area (Å²) in [6, 6.07) is 9.80. The first-order valence-corrected chi connectivity index (χ1v) is 13.7. The zero-order chi connectivity index (χ0) is 27.2. The van der Waals surface area contributed by atoms with Gasteiger partial charge >= 0.3 is 5.97 Å². The molecule has 3 saturated heterocycles. The number of nitrogens with one attached hydrogen (secondary N) is 1. The Labute approximate surface area is 223 Å². The number of epoxide rings is 2. The van der Waals surface area contributed by atoms with E-state index >= 15 is 0 Å². The maximum Gasteiger partial charge on any atom is 0.303 e. The fourth-order valence-electron chi connectivity index (χ4n) is 8.06. The molecule has 2 aliphatic carbocycles. The van der Waals surface area contributed by atoms with E-state index in [4.69, 9.17) is 14.2 Å². The van der Waals surface area contributed by atoms with Crippen LogP contribution in [0, 0.1) is 29.1 Å². The van der Waals surface area contributed by atoms with Crippen molar-refractivity contribution in [1.29, 1.82) is 0 Å². The molecule has 3 aliphatic heterocycles. The number of Topliss-reactive ketones (excluding diaryl/α,β-unsaturated/α-hetero) is 1. The minimum atomic E-state index is -1.77. The molecule has 1 saturated carbocycles. The molecule has 1 unspecified atom stereocenters. The van der Waals surface area contributed by atoms with Crippen molar-refractivity contribution in [3.8, 4) is 0 Å². The van der Waals surface area contributed by atoms with E-state index in [1.54, 1.807) is 6.92 Å². The first-order valence-electron chi connectivity index (χ1n) is 13.7. The van der Waals surface area contributed by atoms with Crippen LogP contribution in [0.5, 0.6) is 0 Å². The van der Waals surface area contributed by atoms with E-state index in [0.717, 1.165) is 5.56 Å². The van der Waals surface area contributed by atoms with Crippen LogP contribution in [0.3, 0.4) is 0 Å². The summed E-state index contributed by atoms with van der Waals surface area (Å²) < 4.78 is 18.4. The topological polar surface area (TPSA) is 118 Å². The molecule has 8 nitrogen and oxygen atoms in total. The predicted octanol–water partition coefficient (Wildman–Crippen LogP) is 2.37. The van der Waals surface area contributed by atoms with Gasteiger partial charge in [-0.1, -0.05) is 56.3 Å². The summed E-state index contributed by atoms with van der Waals surface area (Å²) >= 11 is 0. The third kappa shape index (κ3) is 3.49. The van der Waals surface area contributed by atoms with Gasteiger partial charge in [-0.3, -0.25) is 14.4 Å². The monoisotopic (exact) mass is 523 g/mol. The standard InChI is InChI=1S/C30H37NO7/c1-15-10-9-13-19-24-29(5,38-24)16(2)21-20(14-18-11-7-6-8-12-18)31-27(34)30(19,21)26(36-17(3)32)22-25(37-22)28(4,35)23(15)33/h6-9,11-13,15-16,19-22,24-26,35H,10,14H2,1-5H3,(H,31,34)/b13-9-/t15-,16-,19-,20-,21-,22+,24-,25+,26?,28-,29+,30-/m0/s1. The van der Waals surface area contributed by atoms with Gasteiger partial charge in [0.2, 0.25) is 5.91 Å². The Morgan fingerprint density at radius 2 is 1.87 bits per heavy atom. The van der Waals surface area contributed by atoms with E-state index < -0.39 is 52.7 Å². The quantitative estimate of drug-likeness (QED) is 0.355. The molecule has 8 heteroatoms. The van der Waals surface area contributed by atoms with Gasteiger partial charge in [0.1, 0.15) is 29.3 Å². The van der Waals surface area contributed by atoms with Crippen LogP contribution in [0.2, 0.25) is 0 Å². The number of benzene rings is 1. The summed E-state index contributed by atoms with van der Waals surface area (Å²) in [7, 11) is 0. The number of esters is 1. The second-order valence-electron chi connectivity index (χ2n) is 12.4. The molecular formula is C30H37NO7. The summed E-state index contributed by atoms with van der Waals surface area (Å²) in [5, 5.41) is 14.6. The van der Waals surface area contributed by atoms with Crippen LogP contribution >= 0.6 is 0 Å². The third-order valence-corrected chi connectivity index (χ3v) is 10.1. The van der Waals surface area contributed by atoms with Gasteiger partial charge in [-0.05, 0) is 38.2 Å². The Bertz CT molecular complexity index is 1200. The zero-order valence-corrected chi connectivity index (χ0v) is 22.5. The molecule has 1 spiro atoms. The van der Waals surface area contributed by atoms with Crippen molar-refractivity contribution in [1.82, 2.24) is 5.32 Å². The Balaban J connectivity index is 1.52. The fraction of sp³-hybridized carbons (Fsp3) is 0.633. The lowest BCUT2D eigenvalue weighted by Crippen LogP contribution is -2.62. The third-order valence-electron chi connectivity index (χ3n) is 10.1. The molecule has 1 aromatic carbocycles. The van der Waals surface area contributed by atoms with Crippen molar-refractivity contribution < 1.29 is 33.7 Å². The molecule has 1 aromatic rings. The minimum Gasteiger partial charge on any atom is -0.458 e. The van der Waals surface area contributed by atoms with Crippen molar-refractivity contribution in [3.05, 3.63) is 48.0 Å². The number of carbonyl (C=O) groups excluding carboxylic acids is 3. The lowest BCUT2D eigenvalue weighted by atomic mass is 9.50. The number of aliphatic hydroxyl groups is 1. The van der Waals surface area contributed by atoms with E-state index in [9.17, 15) is 19.5 Å². The molecule has 6 rings (SSSR count). The molecule has 2 N–H and O–H groups in total. The number of ketones is 1. The first kappa shape index (κ1) is 25.7. The van der Waals surface area contributed by atoms with Gasteiger partial charge in [-0.15, -0.1) is 0 Å². The molecule has 0 aromatic heterocycles. The highest BCUT2D eigenvalue weighted by Crippen LogP contribution is 2.68. The SMILES string of the molecule is CC(=O)OC1[C@@H]2O[C@H]2[C@@](C)(O)C(=O)[C@@H](C)C/C=C\[C@H]2[C@@H]3O[C@]3(C)[C@@H](C)[C@H]3[C@H](Cc4ccccc4)NC(=O)[C@]132. The van der Waals surface area contributed by atoms with Gasteiger partial charge in [0.05, 0.1) is 11.7 Å². The number of hydrogen-bond donors (Lipinski definition) is 2. The van der Waals surface area contributed by atoms with Crippen LogP contribution in [-0.2, 0) is 35.0 Å². The van der Waals surface area contributed by atoms with Gasteiger partial charge in [0, 0.05) is 30.7 Å². The number of hydrogen-bond acceptors (Lipinski definition) is 7. The van der Waals surface area contributed by atoms with Crippen LogP contribution in [-0.4, -0.2) is 64.4 Å². The lowest BCUT2D eigenvalue weighted by molar-refractivity contribution is -0.171. The number of rotatable bonds is 3. The Kier molecular flexibility index (Phi) is 5.73. The fourth-order valence-corrected chi connectivity index (χ4v) is 8.06. The van der Waals surface area contributed by atoms with Crippen LogP contribution in [0.4, 0.5) is 0 Å². The van der Waals surface area contributed by atoms with Crippen molar-refractivity contribution in [2.45, 2.75) is 89.1 Å². The largest absolute Gasteiger partial charge is 0.458 e. The zero-order valence-electron chi connectivity index (χ0n) is 22.5. The molecular weight excluding hydrogens is 486 g/mol. The van der Waals surface area contributed by atoms with E-state index in [1.165, 1.54) is 13.8 Å². The predicted molar refractivity (Wildman–Crippen MR) is 137 cm³/mol. The highest BCUT2D eigenvalue weighted by Gasteiger charge is 2.81. The lowest BCUT2D eigenvalue weighted by Gasteiger charge is -2.49. The number of carbonyl (C=O) groups is 3. The molecule has 4 fully saturated rings. The van der Waals surface area contributed by atoms with Gasteiger partial charge < -0.3 is 24.6 Å². The van der Waals surface area contributed by atoms with Gasteiger partial charge in [0.15, 0.2) is 5.78 Å². The van der Waals surface area contributed by atoms with E-state index in [0.29, 0.717) is 12.8 Å². The van der Waals surface area contributed by atoms with Crippen molar-refractivity contribution in [2.75, 3.05) is 0 Å². The van der Waals surface area contributed by atoms with Gasteiger partial charge in [0.25, 0.3) is 0 Å². The average Bonchev–Trinajstić information content (AvgIpc) is 3.77. The molecule has 0 bridgehead atoms. The molecule has 204 valence electrons. The van der Waals surface area contributed by atoms with Gasteiger partial charge in [-0.2, -0.15) is 0 Å². The highest BCUT2D eigenvalue weighted by atomic mass is 16.6. The maximum atomic E-state index is 14.4. The number of ether oxygens (including phenoxy) is 3. The summed E-state index contributed by atoms with van der Waals surface area (Å²) in [5.74, 6) is -2.18. The molecule has 38 heavy (non-hydrogen) atoms. The van der Waals surface area contributed by atoms with Crippen LogP contribution in [0.15, 0.2) is 42.5 Å². The van der Waals surface area contributed by atoms with Crippen LogP contribution in [0.1, 0.15) is 46.6 Å². The second-order valence-corrected chi connectivity index (χ2v) is 12.4. The molecule has 12 atom stereocenters. The van der Waals surface area contributed by atoms with Crippen molar-refractivity contribution in [3.63, 3.8) is 0 Å². The van der Waals surface area contributed by atoms with Crippen LogP contribution < -0.4 is 5.32 Å². The summed E-state index contributed by atoms with van der Waals surface area (Å²) in [5.41, 5.74) is -2.29. The summed E-state index contributed by atoms with van der Waals surface area (Å²) in [6.07, 6.45) is 2.06. The molecule has 3 heterocycles. The smallest absolute Gasteiger partial charge is 0.303 e. The summed E-state index contributed by atoms with van der Waals surface area (Å²) in [6.45, 7) is 8.79. The first-order chi connectivity index (χ1) is 17.9. The Morgan fingerprint density at radius 3 is 2.55 bits per heavy atom. The molecule has 1 amide bonds. The number of fused-ring (bicyclic) bond motifs is 3. The summed E-state index contributed by atoms with van der Waals surface area (Å²) in [4.78, 5) is 40.2. The normalized spacial score (nSPS) is 49.8. The van der Waals surface area contributed by atoms with Crippen molar-refractivity contribution in [2.24, 2.45) is 29.1 Å². The Morgan fingerprint density at radius 1 is 1.16 bits per heavy atom. The van der Waals surface area contributed by atoms with Crippen LogP contribution in [0.25, 0.3) is 0 Å². The van der Waals surface area contributed by atoms with E-state index in [2.05, 4.69) is 19.2 Å². The van der Waals surface area contributed by atoms with E-state index in [-0.39, 0.29) is 35.7 Å². The number of allylic oxidation sites excluding steroid dienone is 1. The maximum absolute atomic E-state index is 14.4. The second kappa shape index (κ2) is 8.47. The Hall–Kier alpha value is -2.55. The van der Waals surface area contributed by atoms with E-state index in [1.807, 2.05) is 42.5 Å². The molecule has 0 radical (unpaired) electrons. The molecule has 5 aliphatic rings. The minimum absolute atomic E-state index is 0.0359. The average molecular weight is 524 g/mol. The van der Waals surface area contributed by atoms with Gasteiger partial charge in [-0.25, -0.2) is 0 Å². The highest BCUT2D eigenvalue weighted by molar-refractivity contribution is 5.91.